The zero-order valence-corrected chi connectivity index (χ0v) is 26.3. The van der Waals surface area contributed by atoms with Crippen LogP contribution < -0.4 is 0 Å². The average Bonchev–Trinajstić information content (AvgIpc) is 3.45. The molecule has 34 heavy (non-hydrogen) atoms. The first kappa shape index (κ1) is 35.4. The van der Waals surface area contributed by atoms with Gasteiger partial charge in [0.05, 0.1) is 0 Å². The molecule has 4 rings (SSSR count). The van der Waals surface area contributed by atoms with E-state index in [1.165, 1.54) is 64.0 Å². The Morgan fingerprint density at radius 3 is 1.91 bits per heavy atom. The SMILES string of the molecule is CC(C)(C)c1c[c-]c2c(c1)-c1cc(C(C)(C)C)ccc1C2.Cl.Cl.[C-]1=CC=CC1.[CH2-]CCC.[CH2]=[Zr]. The van der Waals surface area contributed by atoms with Crippen molar-refractivity contribution in [2.75, 3.05) is 0 Å². The monoisotopic (exact) mass is 575 g/mol. The fraction of sp³-hybridized carbons (Fsp3) is 0.419. The molecule has 0 atom stereocenters. The van der Waals surface area contributed by atoms with Gasteiger partial charge in [-0.25, -0.2) is 12.2 Å². The van der Waals surface area contributed by atoms with Crippen molar-refractivity contribution in [1.29, 1.82) is 0 Å². The molecule has 0 saturated heterocycles. The maximum absolute atomic E-state index is 3.60. The molecule has 2 aromatic carbocycles. The van der Waals surface area contributed by atoms with E-state index in [1.54, 1.807) is 0 Å². The van der Waals surface area contributed by atoms with E-state index in [1.807, 2.05) is 12.2 Å². The molecule has 0 N–H and O–H groups in total. The Morgan fingerprint density at radius 1 is 0.941 bits per heavy atom. The second kappa shape index (κ2) is 16.8. The second-order valence-corrected chi connectivity index (χ2v) is 10.2. The number of rotatable bonds is 1. The van der Waals surface area contributed by atoms with Crippen LogP contribution in [0.5, 0.6) is 0 Å². The predicted molar refractivity (Wildman–Crippen MR) is 154 cm³/mol. The minimum absolute atomic E-state index is 0. The molecule has 0 amide bonds. The maximum atomic E-state index is 3.60. The van der Waals surface area contributed by atoms with Gasteiger partial charge < -0.3 is 6.92 Å². The molecule has 0 nitrogen and oxygen atoms in total. The summed E-state index contributed by atoms with van der Waals surface area (Å²) in [6.07, 6.45) is 13.3. The van der Waals surface area contributed by atoms with Crippen LogP contribution in [0.2, 0.25) is 0 Å². The Hall–Kier alpha value is -0.747. The molecular weight excluding hydrogens is 534 g/mol. The van der Waals surface area contributed by atoms with E-state index in [0.29, 0.717) is 0 Å². The van der Waals surface area contributed by atoms with Gasteiger partial charge in [0, 0.05) is 0 Å². The molecule has 0 saturated carbocycles. The van der Waals surface area contributed by atoms with Crippen molar-refractivity contribution < 1.29 is 24.2 Å². The van der Waals surface area contributed by atoms with Crippen molar-refractivity contribution in [1.82, 2.24) is 0 Å². The summed E-state index contributed by atoms with van der Waals surface area (Å²) < 4.78 is 3.34. The summed E-state index contributed by atoms with van der Waals surface area (Å²) in [6.45, 7) is 19.4. The van der Waals surface area contributed by atoms with Crippen LogP contribution in [0.3, 0.4) is 0 Å². The van der Waals surface area contributed by atoms with Gasteiger partial charge in [-0.1, -0.05) is 89.6 Å². The Labute approximate surface area is 237 Å². The van der Waals surface area contributed by atoms with Crippen molar-refractivity contribution in [3.63, 3.8) is 0 Å². The Morgan fingerprint density at radius 2 is 1.50 bits per heavy atom. The first-order valence-corrected chi connectivity index (χ1v) is 13.4. The van der Waals surface area contributed by atoms with E-state index in [-0.39, 0.29) is 35.6 Å². The third-order valence-electron chi connectivity index (χ3n) is 5.47. The number of fused-ring (bicyclic) bond motifs is 3. The van der Waals surface area contributed by atoms with Crippen LogP contribution in [0, 0.1) is 19.1 Å². The number of hydrogen-bond acceptors (Lipinski definition) is 0. The van der Waals surface area contributed by atoms with Crippen LogP contribution in [0.1, 0.15) is 90.0 Å². The van der Waals surface area contributed by atoms with Gasteiger partial charge in [-0.05, 0) is 17.4 Å². The molecular formula is C31H43Cl2Zr-3. The van der Waals surface area contributed by atoms with Crippen LogP contribution in [0.25, 0.3) is 11.1 Å². The molecule has 2 aliphatic rings. The molecule has 2 aliphatic carbocycles. The Balaban J connectivity index is 0. The number of hydrogen-bond donors (Lipinski definition) is 0. The number of benzene rings is 2. The summed E-state index contributed by atoms with van der Waals surface area (Å²) in [5.74, 6) is 0. The number of halogens is 2. The van der Waals surface area contributed by atoms with Gasteiger partial charge in [-0.3, -0.25) is 6.08 Å². The van der Waals surface area contributed by atoms with Crippen molar-refractivity contribution in [3.8, 4) is 11.1 Å². The molecule has 2 aromatic rings. The van der Waals surface area contributed by atoms with Gasteiger partial charge in [-0.15, -0.1) is 36.8 Å². The van der Waals surface area contributed by atoms with Gasteiger partial charge in [-0.2, -0.15) is 41.8 Å². The number of allylic oxidation sites excluding steroid dienone is 4. The van der Waals surface area contributed by atoms with Crippen LogP contribution in [0.15, 0.2) is 48.6 Å². The van der Waals surface area contributed by atoms with Gasteiger partial charge in [0.25, 0.3) is 0 Å². The summed E-state index contributed by atoms with van der Waals surface area (Å²) in [5, 5.41) is 0. The van der Waals surface area contributed by atoms with Crippen molar-refractivity contribution in [3.05, 3.63) is 89.9 Å². The fourth-order valence-electron chi connectivity index (χ4n) is 3.32. The van der Waals surface area contributed by atoms with Gasteiger partial charge in [0.15, 0.2) is 0 Å². The molecule has 0 bridgehead atoms. The summed E-state index contributed by atoms with van der Waals surface area (Å²) in [6, 6.07) is 15.1. The average molecular weight is 578 g/mol. The quantitative estimate of drug-likeness (QED) is 0.253. The van der Waals surface area contributed by atoms with Crippen molar-refractivity contribution >= 4 is 29.0 Å². The van der Waals surface area contributed by atoms with Crippen molar-refractivity contribution in [2.24, 2.45) is 0 Å². The van der Waals surface area contributed by atoms with Gasteiger partial charge in [0.2, 0.25) is 0 Å². The minimum atomic E-state index is 0. The molecule has 0 unspecified atom stereocenters. The van der Waals surface area contributed by atoms with Crippen LogP contribution in [-0.2, 0) is 41.5 Å². The van der Waals surface area contributed by atoms with Gasteiger partial charge >= 0.3 is 28.4 Å². The molecule has 3 heteroatoms. The Kier molecular flexibility index (Phi) is 17.5. The first-order chi connectivity index (χ1) is 15.1. The van der Waals surface area contributed by atoms with E-state index in [9.17, 15) is 0 Å². The standard InChI is InChI=1S/C21H25.C5H5.C4H9.CH2.2ClH.Zr/c1-20(2,3)16-9-7-14-11-15-8-10-17(21(4,5)6)13-19(15)18(14)12-16;1-2-4-5-3-1;1-3-4-2;;;;/h7,9-10,12-13H,11H2,1-6H3;1-3H,4H2;1,3-4H2,2H3;1H2;2*1H;/q3*-1;;;;. The van der Waals surface area contributed by atoms with Crippen molar-refractivity contribution in [2.45, 2.75) is 85.0 Å². The summed E-state index contributed by atoms with van der Waals surface area (Å²) in [4.78, 5) is 0. The van der Waals surface area contributed by atoms with Crippen LogP contribution >= 0.6 is 24.8 Å². The summed E-state index contributed by atoms with van der Waals surface area (Å²) >= 11 is 1.30. The van der Waals surface area contributed by atoms with E-state index < -0.39 is 0 Å². The van der Waals surface area contributed by atoms with E-state index in [4.69, 9.17) is 0 Å². The van der Waals surface area contributed by atoms with Crippen LogP contribution in [0.4, 0.5) is 0 Å². The molecule has 0 spiro atoms. The molecule has 0 fully saturated rings. The van der Waals surface area contributed by atoms with Gasteiger partial charge in [0.1, 0.15) is 0 Å². The zero-order chi connectivity index (χ0) is 24.4. The molecule has 0 aromatic heterocycles. The molecule has 0 radical (unpaired) electrons. The predicted octanol–water partition coefficient (Wildman–Crippen LogP) is 9.39. The topological polar surface area (TPSA) is 0 Å². The summed E-state index contributed by atoms with van der Waals surface area (Å²) in [5.41, 5.74) is 8.76. The normalized spacial score (nSPS) is 12.2. The number of unbranched alkanes of at least 4 members (excludes halogenated alkanes) is 1. The summed E-state index contributed by atoms with van der Waals surface area (Å²) in [7, 11) is 0. The molecule has 0 aliphatic heterocycles. The second-order valence-electron chi connectivity index (χ2n) is 10.2. The van der Waals surface area contributed by atoms with E-state index in [2.05, 4.69) is 108 Å². The third-order valence-corrected chi connectivity index (χ3v) is 5.47. The Bertz CT molecular complexity index is 839. The fourth-order valence-corrected chi connectivity index (χ4v) is 3.32. The zero-order valence-electron chi connectivity index (χ0n) is 22.2. The molecule has 188 valence electrons. The van der Waals surface area contributed by atoms with E-state index >= 15 is 0 Å². The first-order valence-electron chi connectivity index (χ1n) is 11.6. The van der Waals surface area contributed by atoms with E-state index in [0.717, 1.165) is 19.3 Å². The molecule has 0 heterocycles. The third kappa shape index (κ3) is 10.9. The van der Waals surface area contributed by atoms with Crippen LogP contribution in [-0.4, -0.2) is 4.21 Å².